The van der Waals surface area contributed by atoms with E-state index >= 15 is 0 Å². The first-order chi connectivity index (χ1) is 9.15. The van der Waals surface area contributed by atoms with Crippen LogP contribution in [0.1, 0.15) is 23.0 Å². The fourth-order valence-electron chi connectivity index (χ4n) is 1.79. The van der Waals surface area contributed by atoms with Gasteiger partial charge in [-0.05, 0) is 38.1 Å². The minimum Gasteiger partial charge on any atom is -0.494 e. The summed E-state index contributed by atoms with van der Waals surface area (Å²) in [5.41, 5.74) is 1.12. The SMILES string of the molecule is CCOc1ccc(Oc2c(C=O)c(C)nn2C)cc1. The molecule has 0 saturated carbocycles. The lowest BCUT2D eigenvalue weighted by molar-refractivity contribution is 0.112. The van der Waals surface area contributed by atoms with Crippen LogP contribution in [0.3, 0.4) is 0 Å². The Bertz CT molecular complexity index is 573. The molecule has 0 N–H and O–H groups in total. The van der Waals surface area contributed by atoms with Crippen LogP contribution in [0.5, 0.6) is 17.4 Å². The third-order valence-corrected chi connectivity index (χ3v) is 2.68. The molecule has 2 rings (SSSR count). The van der Waals surface area contributed by atoms with Gasteiger partial charge >= 0.3 is 0 Å². The number of aldehydes is 1. The van der Waals surface area contributed by atoms with Gasteiger partial charge < -0.3 is 9.47 Å². The molecule has 5 nitrogen and oxygen atoms in total. The van der Waals surface area contributed by atoms with Crippen LogP contribution >= 0.6 is 0 Å². The van der Waals surface area contributed by atoms with Crippen molar-refractivity contribution in [1.82, 2.24) is 9.78 Å². The van der Waals surface area contributed by atoms with E-state index in [4.69, 9.17) is 9.47 Å². The van der Waals surface area contributed by atoms with Crippen molar-refractivity contribution in [2.75, 3.05) is 6.61 Å². The second-order valence-corrected chi connectivity index (χ2v) is 4.05. The van der Waals surface area contributed by atoms with Gasteiger partial charge in [0, 0.05) is 7.05 Å². The summed E-state index contributed by atoms with van der Waals surface area (Å²) in [5, 5.41) is 4.16. The zero-order valence-electron chi connectivity index (χ0n) is 11.2. The standard InChI is InChI=1S/C14H16N2O3/c1-4-18-11-5-7-12(8-6-11)19-14-13(9-17)10(2)15-16(14)3/h5-9H,4H2,1-3H3. The molecule has 1 heterocycles. The van der Waals surface area contributed by atoms with Gasteiger partial charge in [0.05, 0.1) is 17.9 Å². The molecule has 5 heteroatoms. The lowest BCUT2D eigenvalue weighted by atomic mass is 10.3. The summed E-state index contributed by atoms with van der Waals surface area (Å²) in [5.74, 6) is 1.86. The zero-order valence-corrected chi connectivity index (χ0v) is 11.2. The highest BCUT2D eigenvalue weighted by Crippen LogP contribution is 2.27. The minimum absolute atomic E-state index is 0.441. The first-order valence-electron chi connectivity index (χ1n) is 6.05. The van der Waals surface area contributed by atoms with Gasteiger partial charge in [-0.25, -0.2) is 4.68 Å². The first kappa shape index (κ1) is 13.1. The predicted molar refractivity (Wildman–Crippen MR) is 71.0 cm³/mol. The van der Waals surface area contributed by atoms with Crippen LogP contribution in [0, 0.1) is 6.92 Å². The fraction of sp³-hybridized carbons (Fsp3) is 0.286. The van der Waals surface area contributed by atoms with Crippen molar-refractivity contribution in [2.45, 2.75) is 13.8 Å². The molecule has 0 spiro atoms. The van der Waals surface area contributed by atoms with Gasteiger partial charge in [-0.2, -0.15) is 5.10 Å². The lowest BCUT2D eigenvalue weighted by Gasteiger charge is -2.08. The van der Waals surface area contributed by atoms with E-state index in [0.29, 0.717) is 29.5 Å². The summed E-state index contributed by atoms with van der Waals surface area (Å²) >= 11 is 0. The smallest absolute Gasteiger partial charge is 0.228 e. The Balaban J connectivity index is 2.23. The number of rotatable bonds is 5. The van der Waals surface area contributed by atoms with E-state index < -0.39 is 0 Å². The summed E-state index contributed by atoms with van der Waals surface area (Å²) in [7, 11) is 1.74. The number of hydrogen-bond donors (Lipinski definition) is 0. The van der Waals surface area contributed by atoms with E-state index in [1.807, 2.05) is 19.1 Å². The summed E-state index contributed by atoms with van der Waals surface area (Å²) in [6, 6.07) is 7.23. The summed E-state index contributed by atoms with van der Waals surface area (Å²) in [4.78, 5) is 11.0. The van der Waals surface area contributed by atoms with Gasteiger partial charge in [0.2, 0.25) is 5.88 Å². The molecule has 0 aliphatic heterocycles. The molecule has 0 unspecified atom stereocenters. The highest BCUT2D eigenvalue weighted by atomic mass is 16.5. The second kappa shape index (κ2) is 5.56. The minimum atomic E-state index is 0.441. The molecule has 0 saturated heterocycles. The molecule has 0 amide bonds. The lowest BCUT2D eigenvalue weighted by Crippen LogP contribution is -1.97. The van der Waals surface area contributed by atoms with Crippen LogP contribution in [0.4, 0.5) is 0 Å². The number of carbonyl (C=O) groups excluding carboxylic acids is 1. The largest absolute Gasteiger partial charge is 0.494 e. The molecule has 1 aromatic carbocycles. The Morgan fingerprint density at radius 1 is 1.26 bits per heavy atom. The van der Waals surface area contributed by atoms with Crippen molar-refractivity contribution in [2.24, 2.45) is 7.05 Å². The Kier molecular flexibility index (Phi) is 3.85. The Hall–Kier alpha value is -2.30. The van der Waals surface area contributed by atoms with Crippen LogP contribution in [0.15, 0.2) is 24.3 Å². The summed E-state index contributed by atoms with van der Waals surface area (Å²) in [6.07, 6.45) is 0.756. The maximum Gasteiger partial charge on any atom is 0.228 e. The second-order valence-electron chi connectivity index (χ2n) is 4.05. The van der Waals surface area contributed by atoms with E-state index in [1.165, 1.54) is 0 Å². The summed E-state index contributed by atoms with van der Waals surface area (Å²) in [6.45, 7) is 4.32. The summed E-state index contributed by atoms with van der Waals surface area (Å²) < 4.78 is 12.6. The number of hydrogen-bond acceptors (Lipinski definition) is 4. The number of ether oxygens (including phenoxy) is 2. The topological polar surface area (TPSA) is 53.4 Å². The number of benzene rings is 1. The van der Waals surface area contributed by atoms with E-state index in [2.05, 4.69) is 5.10 Å². The highest BCUT2D eigenvalue weighted by Gasteiger charge is 2.14. The Morgan fingerprint density at radius 2 is 1.89 bits per heavy atom. The third-order valence-electron chi connectivity index (χ3n) is 2.68. The van der Waals surface area contributed by atoms with Gasteiger partial charge in [0.25, 0.3) is 0 Å². The molecule has 0 aliphatic rings. The molecule has 19 heavy (non-hydrogen) atoms. The molecule has 0 aliphatic carbocycles. The van der Waals surface area contributed by atoms with Crippen molar-refractivity contribution in [1.29, 1.82) is 0 Å². The van der Waals surface area contributed by atoms with Crippen LogP contribution in [-0.4, -0.2) is 22.7 Å². The number of aromatic nitrogens is 2. The average Bonchev–Trinajstić information content (AvgIpc) is 2.66. The predicted octanol–water partition coefficient (Wildman–Crippen LogP) is 2.73. The average molecular weight is 260 g/mol. The maximum atomic E-state index is 11.0. The first-order valence-corrected chi connectivity index (χ1v) is 6.05. The van der Waals surface area contributed by atoms with Crippen molar-refractivity contribution in [3.8, 4) is 17.4 Å². The number of aryl methyl sites for hydroxylation is 2. The van der Waals surface area contributed by atoms with Crippen LogP contribution in [-0.2, 0) is 7.05 Å². The van der Waals surface area contributed by atoms with E-state index in [0.717, 1.165) is 12.0 Å². The molecular weight excluding hydrogens is 244 g/mol. The van der Waals surface area contributed by atoms with Crippen LogP contribution in [0.2, 0.25) is 0 Å². The van der Waals surface area contributed by atoms with Crippen LogP contribution in [0.25, 0.3) is 0 Å². The van der Waals surface area contributed by atoms with E-state index in [-0.39, 0.29) is 0 Å². The number of carbonyl (C=O) groups is 1. The van der Waals surface area contributed by atoms with Crippen LogP contribution < -0.4 is 9.47 Å². The molecule has 0 fully saturated rings. The third kappa shape index (κ3) is 2.76. The van der Waals surface area contributed by atoms with Crippen molar-refractivity contribution in [3.63, 3.8) is 0 Å². The van der Waals surface area contributed by atoms with Gasteiger partial charge in [-0.15, -0.1) is 0 Å². The molecular formula is C14H16N2O3. The van der Waals surface area contributed by atoms with E-state index in [9.17, 15) is 4.79 Å². The number of nitrogens with zero attached hydrogens (tertiary/aromatic N) is 2. The molecule has 2 aromatic rings. The molecule has 0 bridgehead atoms. The molecule has 1 aromatic heterocycles. The highest BCUT2D eigenvalue weighted by molar-refractivity contribution is 5.80. The fourth-order valence-corrected chi connectivity index (χ4v) is 1.79. The van der Waals surface area contributed by atoms with Gasteiger partial charge in [0.1, 0.15) is 11.5 Å². The Labute approximate surface area is 111 Å². The van der Waals surface area contributed by atoms with Gasteiger partial charge in [-0.1, -0.05) is 0 Å². The van der Waals surface area contributed by atoms with E-state index in [1.54, 1.807) is 30.8 Å². The molecule has 0 atom stereocenters. The van der Waals surface area contributed by atoms with Crippen molar-refractivity contribution >= 4 is 6.29 Å². The normalized spacial score (nSPS) is 10.3. The maximum absolute atomic E-state index is 11.0. The molecule has 0 radical (unpaired) electrons. The zero-order chi connectivity index (χ0) is 13.8. The Morgan fingerprint density at radius 3 is 2.47 bits per heavy atom. The van der Waals surface area contributed by atoms with Gasteiger partial charge in [-0.3, -0.25) is 4.79 Å². The monoisotopic (exact) mass is 260 g/mol. The van der Waals surface area contributed by atoms with Crippen molar-refractivity contribution in [3.05, 3.63) is 35.5 Å². The van der Waals surface area contributed by atoms with Crippen molar-refractivity contribution < 1.29 is 14.3 Å². The quantitative estimate of drug-likeness (QED) is 0.776. The van der Waals surface area contributed by atoms with Gasteiger partial charge in [0.15, 0.2) is 6.29 Å². The molecule has 100 valence electrons.